The molecule has 2 aromatic rings. The van der Waals surface area contributed by atoms with Crippen LogP contribution in [0.25, 0.3) is 0 Å². The molecule has 2 N–H and O–H groups in total. The highest BCUT2D eigenvalue weighted by Crippen LogP contribution is 2.21. The number of rotatable bonds is 14. The smallest absolute Gasteiger partial charge is 0.434 e. The lowest BCUT2D eigenvalue weighted by Crippen LogP contribution is -2.32. The SMILES string of the molecule is CC(C)(CCOC(=O)Oc1ccc([N+](=O)[O-])cc1)OCCC(C)(C)OCCOC(=O)Oc1ccc(N)cc1. The van der Waals surface area contributed by atoms with Crippen molar-refractivity contribution in [3.05, 3.63) is 58.6 Å². The molecule has 0 saturated carbocycles. The molecule has 38 heavy (non-hydrogen) atoms. The first-order valence-electron chi connectivity index (χ1n) is 11.9. The van der Waals surface area contributed by atoms with Gasteiger partial charge in [0.25, 0.3) is 5.69 Å². The van der Waals surface area contributed by atoms with E-state index in [9.17, 15) is 19.7 Å². The Kier molecular flexibility index (Phi) is 11.3. The molecular weight excluding hydrogens is 500 g/mol. The Balaban J connectivity index is 1.59. The van der Waals surface area contributed by atoms with Gasteiger partial charge in [0.15, 0.2) is 0 Å². The number of nitrogens with two attached hydrogens (primary N) is 1. The van der Waals surface area contributed by atoms with Gasteiger partial charge in [-0.1, -0.05) is 0 Å². The molecule has 208 valence electrons. The number of nitrogens with zero attached hydrogens (tertiary/aromatic N) is 1. The molecule has 0 aromatic heterocycles. The number of nitro benzene ring substituents is 1. The van der Waals surface area contributed by atoms with E-state index < -0.39 is 28.4 Å². The van der Waals surface area contributed by atoms with Crippen LogP contribution in [-0.2, 0) is 18.9 Å². The summed E-state index contributed by atoms with van der Waals surface area (Å²) in [6, 6.07) is 11.5. The van der Waals surface area contributed by atoms with Gasteiger partial charge in [0, 0.05) is 24.2 Å². The van der Waals surface area contributed by atoms with Crippen molar-refractivity contribution in [2.75, 3.05) is 32.2 Å². The summed E-state index contributed by atoms with van der Waals surface area (Å²) in [5.74, 6) is 0.472. The molecule has 12 nitrogen and oxygen atoms in total. The van der Waals surface area contributed by atoms with Crippen LogP contribution >= 0.6 is 0 Å². The van der Waals surface area contributed by atoms with Gasteiger partial charge < -0.3 is 34.2 Å². The van der Waals surface area contributed by atoms with Crippen LogP contribution in [0.3, 0.4) is 0 Å². The van der Waals surface area contributed by atoms with E-state index in [-0.39, 0.29) is 31.3 Å². The van der Waals surface area contributed by atoms with Gasteiger partial charge in [-0.15, -0.1) is 0 Å². The lowest BCUT2D eigenvalue weighted by Gasteiger charge is -2.29. The molecule has 0 aliphatic rings. The van der Waals surface area contributed by atoms with E-state index in [4.69, 9.17) is 34.2 Å². The number of nitrogen functional groups attached to an aromatic ring is 1. The molecule has 0 fully saturated rings. The normalized spacial score (nSPS) is 11.5. The van der Waals surface area contributed by atoms with Crippen LogP contribution in [0.5, 0.6) is 11.5 Å². The summed E-state index contributed by atoms with van der Waals surface area (Å²) >= 11 is 0. The Hall–Kier alpha value is -3.90. The van der Waals surface area contributed by atoms with Gasteiger partial charge in [0.1, 0.15) is 18.1 Å². The lowest BCUT2D eigenvalue weighted by atomic mass is 10.0. The maximum atomic E-state index is 11.9. The van der Waals surface area contributed by atoms with Crippen LogP contribution in [0.4, 0.5) is 21.0 Å². The number of benzene rings is 2. The predicted molar refractivity (Wildman–Crippen MR) is 137 cm³/mol. The number of hydrogen-bond acceptors (Lipinski definition) is 11. The summed E-state index contributed by atoms with van der Waals surface area (Å²) in [7, 11) is 0. The third-order valence-electron chi connectivity index (χ3n) is 5.25. The summed E-state index contributed by atoms with van der Waals surface area (Å²) in [5, 5.41) is 10.7. The quantitative estimate of drug-likeness (QED) is 0.0839. The molecule has 0 aliphatic heterocycles. The number of non-ortho nitro benzene ring substituents is 1. The molecule has 2 aromatic carbocycles. The lowest BCUT2D eigenvalue weighted by molar-refractivity contribution is -0.384. The Morgan fingerprint density at radius 3 is 1.71 bits per heavy atom. The third kappa shape index (κ3) is 11.9. The fourth-order valence-electron chi connectivity index (χ4n) is 2.96. The van der Waals surface area contributed by atoms with Gasteiger partial charge in [0.05, 0.1) is 35.9 Å². The molecule has 0 heterocycles. The van der Waals surface area contributed by atoms with Crippen molar-refractivity contribution < 1.29 is 42.9 Å². The van der Waals surface area contributed by atoms with Gasteiger partial charge in [0.2, 0.25) is 0 Å². The molecule has 0 aliphatic carbocycles. The fourth-order valence-corrected chi connectivity index (χ4v) is 2.96. The second kappa shape index (κ2) is 14.1. The summed E-state index contributed by atoms with van der Waals surface area (Å²) in [4.78, 5) is 33.7. The number of nitro groups is 1. The number of anilines is 1. The van der Waals surface area contributed by atoms with Crippen LogP contribution in [0.2, 0.25) is 0 Å². The number of ether oxygens (including phenoxy) is 6. The largest absolute Gasteiger partial charge is 0.513 e. The Morgan fingerprint density at radius 2 is 1.18 bits per heavy atom. The molecule has 12 heteroatoms. The molecule has 0 atom stereocenters. The Morgan fingerprint density at radius 1 is 0.737 bits per heavy atom. The third-order valence-corrected chi connectivity index (χ3v) is 5.25. The summed E-state index contributed by atoms with van der Waals surface area (Å²) in [5.41, 5.74) is 4.91. The standard InChI is InChI=1S/C26H34N2O10/c1-25(2,13-15-33-23(29)38-22-11-7-20(8-12-22)28(31)32)35-16-14-26(3,4)36-18-17-34-24(30)37-21-9-5-19(27)6-10-21/h5-12H,13-18,27H2,1-4H3. The van der Waals surface area contributed by atoms with Crippen molar-refractivity contribution in [3.63, 3.8) is 0 Å². The number of carbonyl (C=O) groups excluding carboxylic acids is 2. The van der Waals surface area contributed by atoms with Crippen molar-refractivity contribution in [2.24, 2.45) is 0 Å². The Bertz CT molecular complexity index is 1050. The van der Waals surface area contributed by atoms with Crippen LogP contribution in [0.15, 0.2) is 48.5 Å². The molecule has 0 radical (unpaired) electrons. The van der Waals surface area contributed by atoms with Crippen molar-refractivity contribution in [1.29, 1.82) is 0 Å². The van der Waals surface area contributed by atoms with Gasteiger partial charge in [-0.25, -0.2) is 9.59 Å². The minimum absolute atomic E-state index is 0.0247. The Labute approximate surface area is 221 Å². The number of hydrogen-bond donors (Lipinski definition) is 1. The van der Waals surface area contributed by atoms with E-state index in [1.165, 1.54) is 24.3 Å². The van der Waals surface area contributed by atoms with Gasteiger partial charge in [-0.05, 0) is 70.5 Å². The van der Waals surface area contributed by atoms with E-state index in [2.05, 4.69) is 0 Å². The zero-order chi connectivity index (χ0) is 28.2. The molecule has 0 bridgehead atoms. The van der Waals surface area contributed by atoms with Gasteiger partial charge in [-0.2, -0.15) is 0 Å². The van der Waals surface area contributed by atoms with Crippen molar-refractivity contribution in [2.45, 2.75) is 51.7 Å². The van der Waals surface area contributed by atoms with Gasteiger partial charge >= 0.3 is 12.3 Å². The second-order valence-corrected chi connectivity index (χ2v) is 9.44. The van der Waals surface area contributed by atoms with Crippen molar-refractivity contribution in [3.8, 4) is 11.5 Å². The second-order valence-electron chi connectivity index (χ2n) is 9.44. The summed E-state index contributed by atoms with van der Waals surface area (Å²) < 4.78 is 31.9. The zero-order valence-corrected chi connectivity index (χ0v) is 22.0. The zero-order valence-electron chi connectivity index (χ0n) is 22.0. The minimum atomic E-state index is -0.913. The van der Waals surface area contributed by atoms with Crippen molar-refractivity contribution in [1.82, 2.24) is 0 Å². The monoisotopic (exact) mass is 534 g/mol. The first-order valence-corrected chi connectivity index (χ1v) is 11.9. The van der Waals surface area contributed by atoms with Crippen LogP contribution < -0.4 is 15.2 Å². The number of carbonyl (C=O) groups is 2. The van der Waals surface area contributed by atoms with E-state index >= 15 is 0 Å². The highest BCUT2D eigenvalue weighted by molar-refractivity contribution is 5.64. The highest BCUT2D eigenvalue weighted by Gasteiger charge is 2.23. The first-order chi connectivity index (χ1) is 17.8. The maximum Gasteiger partial charge on any atom is 0.513 e. The van der Waals surface area contributed by atoms with E-state index in [0.717, 1.165) is 0 Å². The first kappa shape index (κ1) is 30.3. The van der Waals surface area contributed by atoms with Crippen LogP contribution in [-0.4, -0.2) is 54.9 Å². The molecular formula is C26H34N2O10. The molecule has 2 rings (SSSR count). The molecule has 0 spiro atoms. The molecule has 0 amide bonds. The van der Waals surface area contributed by atoms with E-state index in [1.807, 2.05) is 27.7 Å². The van der Waals surface area contributed by atoms with E-state index in [0.29, 0.717) is 30.9 Å². The molecule has 0 unspecified atom stereocenters. The van der Waals surface area contributed by atoms with Crippen LogP contribution in [0.1, 0.15) is 40.5 Å². The average molecular weight is 535 g/mol. The molecule has 0 saturated heterocycles. The van der Waals surface area contributed by atoms with Gasteiger partial charge in [-0.3, -0.25) is 10.1 Å². The summed E-state index contributed by atoms with van der Waals surface area (Å²) in [6.45, 7) is 8.17. The highest BCUT2D eigenvalue weighted by atomic mass is 16.7. The van der Waals surface area contributed by atoms with Crippen molar-refractivity contribution >= 4 is 23.7 Å². The topological polar surface area (TPSA) is 159 Å². The summed E-state index contributed by atoms with van der Waals surface area (Å²) in [6.07, 6.45) is -0.771. The van der Waals surface area contributed by atoms with E-state index in [1.54, 1.807) is 24.3 Å². The minimum Gasteiger partial charge on any atom is -0.434 e. The maximum absolute atomic E-state index is 11.9. The average Bonchev–Trinajstić information content (AvgIpc) is 2.83. The predicted octanol–water partition coefficient (Wildman–Crippen LogP) is 5.28. The fraction of sp³-hybridized carbons (Fsp3) is 0.462. The van der Waals surface area contributed by atoms with Crippen LogP contribution in [0, 0.1) is 10.1 Å².